The summed E-state index contributed by atoms with van der Waals surface area (Å²) in [6.45, 7) is 2.29. The molecule has 0 spiro atoms. The summed E-state index contributed by atoms with van der Waals surface area (Å²) in [5, 5.41) is 9.82. The van der Waals surface area contributed by atoms with Crippen molar-refractivity contribution in [2.24, 2.45) is 0 Å². The monoisotopic (exact) mass is 255 g/mol. The topological polar surface area (TPSA) is 40.5 Å². The second-order valence-corrected chi connectivity index (χ2v) is 4.69. The third-order valence-electron chi connectivity index (χ3n) is 2.58. The molecular weight excluding hydrogens is 238 g/mol. The molecule has 1 atom stereocenters. The average molecular weight is 256 g/mol. The zero-order valence-corrected chi connectivity index (χ0v) is 10.9. The summed E-state index contributed by atoms with van der Waals surface area (Å²) < 4.78 is 0. The number of aliphatic hydroxyl groups excluding tert-OH is 1. The van der Waals surface area contributed by atoms with E-state index < -0.39 is 0 Å². The minimum Gasteiger partial charge on any atom is -0.393 e. The molecule has 3 nitrogen and oxygen atoms in total. The number of rotatable bonds is 5. The van der Waals surface area contributed by atoms with E-state index in [2.05, 4.69) is 0 Å². The van der Waals surface area contributed by atoms with E-state index in [9.17, 15) is 4.79 Å². The number of carbonyl (C=O) groups is 1. The van der Waals surface area contributed by atoms with E-state index in [4.69, 9.17) is 16.7 Å². The van der Waals surface area contributed by atoms with Crippen LogP contribution in [0.5, 0.6) is 0 Å². The fraction of sp³-hybridized carbons (Fsp3) is 0.462. The van der Waals surface area contributed by atoms with Crippen LogP contribution in [0.1, 0.15) is 18.9 Å². The van der Waals surface area contributed by atoms with Crippen molar-refractivity contribution in [3.8, 4) is 0 Å². The van der Waals surface area contributed by atoms with Crippen LogP contribution >= 0.6 is 11.6 Å². The van der Waals surface area contributed by atoms with Crippen LogP contribution in [0.3, 0.4) is 0 Å². The van der Waals surface area contributed by atoms with Crippen LogP contribution in [0, 0.1) is 0 Å². The number of hydrogen-bond donors (Lipinski definition) is 1. The Morgan fingerprint density at radius 1 is 1.41 bits per heavy atom. The molecule has 0 aromatic heterocycles. The molecule has 0 heterocycles. The summed E-state index contributed by atoms with van der Waals surface area (Å²) in [4.78, 5) is 13.5. The predicted octanol–water partition coefficient (Wildman–Crippen LogP) is 2.11. The molecular formula is C13H18ClNO2. The number of likely N-dealkylation sites (N-methyl/N-ethyl adjacent to an activating group) is 1. The van der Waals surface area contributed by atoms with E-state index in [1.165, 1.54) is 0 Å². The smallest absolute Gasteiger partial charge is 0.226 e. The van der Waals surface area contributed by atoms with Crippen LogP contribution in [0.15, 0.2) is 24.3 Å². The Hall–Kier alpha value is -1.06. The van der Waals surface area contributed by atoms with Crippen molar-refractivity contribution >= 4 is 17.5 Å². The van der Waals surface area contributed by atoms with Crippen LogP contribution in [-0.4, -0.2) is 35.6 Å². The predicted molar refractivity (Wildman–Crippen MR) is 69.1 cm³/mol. The Morgan fingerprint density at radius 2 is 2.00 bits per heavy atom. The lowest BCUT2D eigenvalue weighted by atomic mass is 10.1. The molecule has 0 radical (unpaired) electrons. The Balaban J connectivity index is 2.45. The van der Waals surface area contributed by atoms with Gasteiger partial charge in [0.25, 0.3) is 0 Å². The fourth-order valence-corrected chi connectivity index (χ4v) is 1.54. The van der Waals surface area contributed by atoms with Gasteiger partial charge < -0.3 is 10.0 Å². The van der Waals surface area contributed by atoms with Crippen molar-refractivity contribution in [3.63, 3.8) is 0 Å². The first-order valence-corrected chi connectivity index (χ1v) is 6.03. The third-order valence-corrected chi connectivity index (χ3v) is 2.83. The van der Waals surface area contributed by atoms with Gasteiger partial charge in [-0.15, -0.1) is 0 Å². The summed E-state index contributed by atoms with van der Waals surface area (Å²) in [6, 6.07) is 7.26. The Labute approximate surface area is 107 Å². The van der Waals surface area contributed by atoms with Gasteiger partial charge in [-0.2, -0.15) is 0 Å². The van der Waals surface area contributed by atoms with Crippen molar-refractivity contribution < 1.29 is 9.90 Å². The second kappa shape index (κ2) is 6.62. The van der Waals surface area contributed by atoms with Crippen LogP contribution in [0.4, 0.5) is 0 Å². The van der Waals surface area contributed by atoms with E-state index in [1.807, 2.05) is 12.1 Å². The third kappa shape index (κ3) is 5.20. The highest BCUT2D eigenvalue weighted by Gasteiger charge is 2.10. The SMILES string of the molecule is CC(O)CCN(C)C(=O)Cc1ccc(Cl)cc1. The molecule has 0 aliphatic heterocycles. The molecule has 1 unspecified atom stereocenters. The van der Waals surface area contributed by atoms with Gasteiger partial charge >= 0.3 is 0 Å². The first-order chi connectivity index (χ1) is 7.99. The zero-order chi connectivity index (χ0) is 12.8. The Kier molecular flexibility index (Phi) is 5.45. The summed E-state index contributed by atoms with van der Waals surface area (Å²) in [5.41, 5.74) is 0.947. The molecule has 1 N–H and O–H groups in total. The van der Waals surface area contributed by atoms with Gasteiger partial charge in [0, 0.05) is 18.6 Å². The number of benzene rings is 1. The van der Waals surface area contributed by atoms with Gasteiger partial charge in [-0.1, -0.05) is 23.7 Å². The number of amides is 1. The molecule has 1 aromatic carbocycles. The van der Waals surface area contributed by atoms with E-state index in [-0.39, 0.29) is 12.0 Å². The van der Waals surface area contributed by atoms with Crippen LogP contribution in [-0.2, 0) is 11.2 Å². The summed E-state index contributed by atoms with van der Waals surface area (Å²) in [7, 11) is 1.75. The van der Waals surface area contributed by atoms with Gasteiger partial charge in [0.1, 0.15) is 0 Å². The highest BCUT2D eigenvalue weighted by Crippen LogP contribution is 2.10. The van der Waals surface area contributed by atoms with Crippen molar-refractivity contribution in [1.29, 1.82) is 0 Å². The lowest BCUT2D eigenvalue weighted by molar-refractivity contribution is -0.129. The average Bonchev–Trinajstić information content (AvgIpc) is 2.28. The van der Waals surface area contributed by atoms with Gasteiger partial charge in [-0.25, -0.2) is 0 Å². The van der Waals surface area contributed by atoms with Gasteiger partial charge in [-0.3, -0.25) is 4.79 Å². The number of nitrogens with zero attached hydrogens (tertiary/aromatic N) is 1. The van der Waals surface area contributed by atoms with E-state index in [0.717, 1.165) is 5.56 Å². The highest BCUT2D eigenvalue weighted by molar-refractivity contribution is 6.30. The number of halogens is 1. The maximum atomic E-state index is 11.8. The molecule has 4 heteroatoms. The van der Waals surface area contributed by atoms with Crippen molar-refractivity contribution in [2.45, 2.75) is 25.9 Å². The molecule has 0 bridgehead atoms. The lowest BCUT2D eigenvalue weighted by Gasteiger charge is -2.18. The molecule has 0 fully saturated rings. The van der Waals surface area contributed by atoms with Crippen LogP contribution in [0.2, 0.25) is 5.02 Å². The van der Waals surface area contributed by atoms with Crippen LogP contribution in [0.25, 0.3) is 0 Å². The Morgan fingerprint density at radius 3 is 2.53 bits per heavy atom. The van der Waals surface area contributed by atoms with Crippen molar-refractivity contribution in [3.05, 3.63) is 34.9 Å². The van der Waals surface area contributed by atoms with Gasteiger partial charge in [-0.05, 0) is 31.0 Å². The molecule has 0 aliphatic carbocycles. The maximum Gasteiger partial charge on any atom is 0.226 e. The molecule has 0 saturated carbocycles. The zero-order valence-electron chi connectivity index (χ0n) is 10.2. The molecule has 0 aliphatic rings. The maximum absolute atomic E-state index is 11.8. The van der Waals surface area contributed by atoms with Gasteiger partial charge in [0.2, 0.25) is 5.91 Å². The molecule has 1 aromatic rings. The van der Waals surface area contributed by atoms with E-state index in [0.29, 0.717) is 24.4 Å². The number of carbonyl (C=O) groups excluding carboxylic acids is 1. The normalized spacial score (nSPS) is 12.2. The summed E-state index contributed by atoms with van der Waals surface area (Å²) in [6.07, 6.45) is 0.594. The lowest BCUT2D eigenvalue weighted by Crippen LogP contribution is -2.30. The molecule has 1 amide bonds. The van der Waals surface area contributed by atoms with E-state index in [1.54, 1.807) is 31.0 Å². The Bertz CT molecular complexity index is 362. The molecule has 1 rings (SSSR count). The summed E-state index contributed by atoms with van der Waals surface area (Å²) in [5.74, 6) is 0.0490. The quantitative estimate of drug-likeness (QED) is 0.876. The van der Waals surface area contributed by atoms with E-state index >= 15 is 0 Å². The summed E-state index contributed by atoms with van der Waals surface area (Å²) >= 11 is 5.77. The molecule has 94 valence electrons. The minimum absolute atomic E-state index is 0.0490. The van der Waals surface area contributed by atoms with Crippen molar-refractivity contribution in [1.82, 2.24) is 4.90 Å². The second-order valence-electron chi connectivity index (χ2n) is 4.26. The highest BCUT2D eigenvalue weighted by atomic mass is 35.5. The van der Waals surface area contributed by atoms with Crippen LogP contribution < -0.4 is 0 Å². The molecule has 17 heavy (non-hydrogen) atoms. The molecule has 0 saturated heterocycles. The first-order valence-electron chi connectivity index (χ1n) is 5.65. The van der Waals surface area contributed by atoms with Gasteiger partial charge in [0.15, 0.2) is 0 Å². The number of aliphatic hydroxyl groups is 1. The standard InChI is InChI=1S/C13H18ClNO2/c1-10(16)7-8-15(2)13(17)9-11-3-5-12(14)6-4-11/h3-6,10,16H,7-9H2,1-2H3. The largest absolute Gasteiger partial charge is 0.393 e. The number of hydrogen-bond acceptors (Lipinski definition) is 2. The van der Waals surface area contributed by atoms with Gasteiger partial charge in [0.05, 0.1) is 12.5 Å². The van der Waals surface area contributed by atoms with Crippen molar-refractivity contribution in [2.75, 3.05) is 13.6 Å². The minimum atomic E-state index is -0.374. The fourth-order valence-electron chi connectivity index (χ4n) is 1.42. The first kappa shape index (κ1) is 14.0.